The number of fused-ring (bicyclic) bond motifs is 1. The normalized spacial score (nSPS) is 10.5. The summed E-state index contributed by atoms with van der Waals surface area (Å²) in [5.41, 5.74) is 6.92. The zero-order chi connectivity index (χ0) is 14.8. The molecular weight excluding hydrogens is 330 g/mol. The van der Waals surface area contributed by atoms with Crippen LogP contribution in [0.2, 0.25) is 0 Å². The lowest BCUT2D eigenvalue weighted by Gasteiger charge is -2.11. The topological polar surface area (TPSA) is 72.0 Å². The lowest BCUT2D eigenvalue weighted by atomic mass is 10.1. The van der Waals surface area contributed by atoms with Gasteiger partial charge in [0.05, 0.1) is 15.6 Å². The van der Waals surface area contributed by atoms with Crippen molar-refractivity contribution in [2.24, 2.45) is 5.73 Å². The van der Waals surface area contributed by atoms with E-state index in [9.17, 15) is 0 Å². The molecule has 0 spiro atoms. The number of rotatable bonds is 3. The Hall–Kier alpha value is -2.40. The summed E-state index contributed by atoms with van der Waals surface area (Å²) in [5.74, 6) is 0.881. The fourth-order valence-corrected chi connectivity index (χ4v) is 2.37. The molecule has 1 heterocycles. The average molecular weight is 342 g/mol. The molecule has 2 aromatic carbocycles. The van der Waals surface area contributed by atoms with Crippen molar-refractivity contribution in [1.82, 2.24) is 4.98 Å². The van der Waals surface area contributed by atoms with E-state index in [0.717, 1.165) is 15.4 Å². The molecule has 1 aromatic heterocycles. The molecule has 3 rings (SSSR count). The van der Waals surface area contributed by atoms with Gasteiger partial charge in [-0.3, -0.25) is 5.41 Å². The summed E-state index contributed by atoms with van der Waals surface area (Å²) in [7, 11) is 0. The van der Waals surface area contributed by atoms with E-state index in [1.165, 1.54) is 0 Å². The number of para-hydroxylation sites is 2. The van der Waals surface area contributed by atoms with Gasteiger partial charge in [-0.05, 0) is 40.2 Å². The van der Waals surface area contributed by atoms with Gasteiger partial charge in [-0.15, -0.1) is 0 Å². The van der Waals surface area contributed by atoms with Gasteiger partial charge in [0.15, 0.2) is 0 Å². The number of nitrogens with one attached hydrogen (secondary N) is 1. The summed E-state index contributed by atoms with van der Waals surface area (Å²) in [4.78, 5) is 4.47. The van der Waals surface area contributed by atoms with E-state index in [2.05, 4.69) is 20.9 Å². The van der Waals surface area contributed by atoms with Gasteiger partial charge in [0.2, 0.25) is 5.88 Å². The predicted molar refractivity (Wildman–Crippen MR) is 87.0 cm³/mol. The number of halogens is 1. The van der Waals surface area contributed by atoms with E-state index < -0.39 is 0 Å². The first-order valence-electron chi connectivity index (χ1n) is 6.32. The Morgan fingerprint density at radius 2 is 1.81 bits per heavy atom. The number of ether oxygens (including phenoxy) is 1. The van der Waals surface area contributed by atoms with E-state index in [1.807, 2.05) is 54.6 Å². The summed E-state index contributed by atoms with van der Waals surface area (Å²) in [6.45, 7) is 0. The van der Waals surface area contributed by atoms with Crippen LogP contribution in [-0.2, 0) is 0 Å². The molecule has 0 atom stereocenters. The highest BCUT2D eigenvalue weighted by Gasteiger charge is 2.13. The third kappa shape index (κ3) is 2.73. The number of amidine groups is 1. The molecule has 21 heavy (non-hydrogen) atoms. The zero-order valence-electron chi connectivity index (χ0n) is 11.0. The van der Waals surface area contributed by atoms with Crippen LogP contribution < -0.4 is 10.5 Å². The molecule has 0 aliphatic rings. The molecule has 0 unspecified atom stereocenters. The van der Waals surface area contributed by atoms with E-state index >= 15 is 0 Å². The van der Waals surface area contributed by atoms with Crippen LogP contribution >= 0.6 is 15.9 Å². The predicted octanol–water partition coefficient (Wildman–Crippen LogP) is 4.07. The second-order valence-electron chi connectivity index (χ2n) is 4.48. The number of hydrogen-bond donors (Lipinski definition) is 2. The molecule has 4 nitrogen and oxygen atoms in total. The number of benzene rings is 2. The molecule has 104 valence electrons. The fraction of sp³-hybridized carbons (Fsp3) is 0. The highest BCUT2D eigenvalue weighted by Crippen LogP contribution is 2.31. The van der Waals surface area contributed by atoms with Crippen LogP contribution in [0.3, 0.4) is 0 Å². The highest BCUT2D eigenvalue weighted by atomic mass is 79.9. The lowest BCUT2D eigenvalue weighted by Crippen LogP contribution is -2.13. The molecule has 0 radical (unpaired) electrons. The van der Waals surface area contributed by atoms with Crippen molar-refractivity contribution >= 4 is 32.7 Å². The Balaban J connectivity index is 2.14. The summed E-state index contributed by atoms with van der Waals surface area (Å²) >= 11 is 3.43. The minimum atomic E-state index is -0.0738. The van der Waals surface area contributed by atoms with Crippen molar-refractivity contribution in [3.8, 4) is 11.6 Å². The summed E-state index contributed by atoms with van der Waals surface area (Å²) in [6, 6.07) is 16.9. The van der Waals surface area contributed by atoms with Gasteiger partial charge in [-0.1, -0.05) is 30.3 Å². The van der Waals surface area contributed by atoms with Crippen LogP contribution in [0.25, 0.3) is 10.9 Å². The number of hydrogen-bond acceptors (Lipinski definition) is 3. The van der Waals surface area contributed by atoms with E-state index in [4.69, 9.17) is 15.9 Å². The standard InChI is InChI=1S/C16H12BrN3O/c17-12-6-2-4-8-14(12)21-16-11(15(18)19)9-10-5-1-3-7-13(10)20-16/h1-9H,(H3,18,19). The highest BCUT2D eigenvalue weighted by molar-refractivity contribution is 9.10. The number of nitrogens with two attached hydrogens (primary N) is 1. The van der Waals surface area contributed by atoms with Crippen LogP contribution in [0, 0.1) is 5.41 Å². The van der Waals surface area contributed by atoms with Gasteiger partial charge in [0.25, 0.3) is 0 Å². The van der Waals surface area contributed by atoms with Crippen LogP contribution in [0.4, 0.5) is 0 Å². The van der Waals surface area contributed by atoms with Crippen LogP contribution in [-0.4, -0.2) is 10.8 Å². The van der Waals surface area contributed by atoms with Crippen molar-refractivity contribution in [3.05, 3.63) is 64.6 Å². The lowest BCUT2D eigenvalue weighted by molar-refractivity contribution is 0.461. The summed E-state index contributed by atoms with van der Waals surface area (Å²) < 4.78 is 6.65. The molecule has 0 amide bonds. The fourth-order valence-electron chi connectivity index (χ4n) is 2.00. The number of aromatic nitrogens is 1. The van der Waals surface area contributed by atoms with Crippen LogP contribution in [0.15, 0.2) is 59.1 Å². The number of pyridine rings is 1. The second-order valence-corrected chi connectivity index (χ2v) is 5.33. The molecule has 3 aromatic rings. The minimum Gasteiger partial charge on any atom is -0.437 e. The first-order valence-corrected chi connectivity index (χ1v) is 7.11. The molecule has 0 fully saturated rings. The number of nitrogens with zero attached hydrogens (tertiary/aromatic N) is 1. The van der Waals surface area contributed by atoms with Crippen molar-refractivity contribution in [1.29, 1.82) is 5.41 Å². The van der Waals surface area contributed by atoms with Crippen LogP contribution in [0.1, 0.15) is 5.56 Å². The van der Waals surface area contributed by atoms with E-state index in [0.29, 0.717) is 17.2 Å². The Morgan fingerprint density at radius 3 is 2.57 bits per heavy atom. The Bertz CT molecular complexity index is 833. The monoisotopic (exact) mass is 341 g/mol. The van der Waals surface area contributed by atoms with Gasteiger partial charge >= 0.3 is 0 Å². The first kappa shape index (κ1) is 13.6. The van der Waals surface area contributed by atoms with E-state index in [1.54, 1.807) is 0 Å². The first-order chi connectivity index (χ1) is 10.1. The van der Waals surface area contributed by atoms with Gasteiger partial charge < -0.3 is 10.5 Å². The Morgan fingerprint density at radius 1 is 1.10 bits per heavy atom. The molecule has 5 heteroatoms. The smallest absolute Gasteiger partial charge is 0.230 e. The molecule has 0 saturated carbocycles. The Labute approximate surface area is 130 Å². The van der Waals surface area contributed by atoms with Crippen LogP contribution in [0.5, 0.6) is 11.6 Å². The molecule has 3 N–H and O–H groups in total. The van der Waals surface area contributed by atoms with Gasteiger partial charge in [0, 0.05) is 5.39 Å². The Kier molecular flexibility index (Phi) is 3.58. The average Bonchev–Trinajstić information content (AvgIpc) is 2.48. The third-order valence-corrected chi connectivity index (χ3v) is 3.68. The largest absolute Gasteiger partial charge is 0.437 e. The van der Waals surface area contributed by atoms with Crippen molar-refractivity contribution in [3.63, 3.8) is 0 Å². The molecule has 0 bridgehead atoms. The maximum absolute atomic E-state index is 7.72. The van der Waals surface area contributed by atoms with Crippen molar-refractivity contribution < 1.29 is 4.74 Å². The molecule has 0 aliphatic heterocycles. The maximum atomic E-state index is 7.72. The van der Waals surface area contributed by atoms with Crippen molar-refractivity contribution in [2.75, 3.05) is 0 Å². The van der Waals surface area contributed by atoms with Gasteiger partial charge in [-0.2, -0.15) is 0 Å². The third-order valence-electron chi connectivity index (χ3n) is 3.02. The molecule has 0 saturated heterocycles. The molecular formula is C16H12BrN3O. The quantitative estimate of drug-likeness (QED) is 0.557. The SMILES string of the molecule is N=C(N)c1cc2ccccc2nc1Oc1ccccc1Br. The molecule has 0 aliphatic carbocycles. The van der Waals surface area contributed by atoms with Crippen molar-refractivity contribution in [2.45, 2.75) is 0 Å². The van der Waals surface area contributed by atoms with Gasteiger partial charge in [0.1, 0.15) is 11.6 Å². The second kappa shape index (κ2) is 5.54. The van der Waals surface area contributed by atoms with E-state index in [-0.39, 0.29) is 5.84 Å². The number of nitrogen functional groups attached to an aromatic ring is 1. The minimum absolute atomic E-state index is 0.0738. The summed E-state index contributed by atoms with van der Waals surface area (Å²) in [6.07, 6.45) is 0. The zero-order valence-corrected chi connectivity index (χ0v) is 12.6. The summed E-state index contributed by atoms with van der Waals surface area (Å²) in [5, 5.41) is 8.64. The van der Waals surface area contributed by atoms with Gasteiger partial charge in [-0.25, -0.2) is 4.98 Å². The maximum Gasteiger partial charge on any atom is 0.230 e.